The minimum Gasteiger partial charge on any atom is -0.375 e. The van der Waals surface area contributed by atoms with Crippen molar-refractivity contribution in [3.05, 3.63) is 108 Å². The second-order valence-corrected chi connectivity index (χ2v) is 7.16. The first-order valence-corrected chi connectivity index (χ1v) is 9.72. The zero-order chi connectivity index (χ0) is 19.6. The molecule has 3 heteroatoms. The van der Waals surface area contributed by atoms with Crippen LogP contribution < -0.4 is 0 Å². The summed E-state index contributed by atoms with van der Waals surface area (Å²) in [5, 5.41) is 0. The van der Waals surface area contributed by atoms with Gasteiger partial charge in [0.2, 0.25) is 0 Å². The van der Waals surface area contributed by atoms with Gasteiger partial charge >= 0.3 is 0 Å². The molecule has 2 atom stereocenters. The van der Waals surface area contributed by atoms with Crippen LogP contribution in [0.4, 0.5) is 0 Å². The Morgan fingerprint density at radius 1 is 0.679 bits per heavy atom. The maximum absolute atomic E-state index is 6.42. The Morgan fingerprint density at radius 2 is 1.18 bits per heavy atom. The molecule has 0 fully saturated rings. The lowest BCUT2D eigenvalue weighted by Gasteiger charge is -2.32. The van der Waals surface area contributed by atoms with Gasteiger partial charge < -0.3 is 14.4 Å². The molecular formula is C25H29NO2. The van der Waals surface area contributed by atoms with E-state index in [2.05, 4.69) is 67.5 Å². The first-order chi connectivity index (χ1) is 13.7. The highest BCUT2D eigenvalue weighted by molar-refractivity contribution is 5.20. The Balaban J connectivity index is 1.70. The number of ether oxygens (including phenoxy) is 2. The van der Waals surface area contributed by atoms with Crippen molar-refractivity contribution in [1.82, 2.24) is 4.90 Å². The van der Waals surface area contributed by atoms with Gasteiger partial charge in [0.25, 0.3) is 0 Å². The van der Waals surface area contributed by atoms with Crippen LogP contribution in [0.3, 0.4) is 0 Å². The van der Waals surface area contributed by atoms with Crippen molar-refractivity contribution >= 4 is 0 Å². The zero-order valence-corrected chi connectivity index (χ0v) is 16.7. The number of benzene rings is 3. The van der Waals surface area contributed by atoms with E-state index in [0.717, 1.165) is 0 Å². The molecule has 0 saturated heterocycles. The second kappa shape index (κ2) is 10.8. The van der Waals surface area contributed by atoms with Crippen molar-refractivity contribution in [2.24, 2.45) is 0 Å². The van der Waals surface area contributed by atoms with Gasteiger partial charge in [-0.2, -0.15) is 0 Å². The van der Waals surface area contributed by atoms with Crippen molar-refractivity contribution in [2.75, 3.05) is 20.7 Å². The van der Waals surface area contributed by atoms with Crippen LogP contribution in [0.5, 0.6) is 0 Å². The minimum absolute atomic E-state index is 0.0767. The SMILES string of the molecule is CN(C)C(COCc1ccccc1)C(OCc1ccccc1)c1ccccc1. The molecular weight excluding hydrogens is 346 g/mol. The van der Waals surface area contributed by atoms with Gasteiger partial charge in [0, 0.05) is 0 Å². The van der Waals surface area contributed by atoms with Crippen molar-refractivity contribution in [3.63, 3.8) is 0 Å². The maximum Gasteiger partial charge on any atom is 0.101 e. The van der Waals surface area contributed by atoms with Crippen LogP contribution in [-0.2, 0) is 22.7 Å². The summed E-state index contributed by atoms with van der Waals surface area (Å²) in [5.41, 5.74) is 3.52. The predicted octanol–water partition coefficient (Wildman–Crippen LogP) is 5.09. The van der Waals surface area contributed by atoms with Crippen LogP contribution in [0.25, 0.3) is 0 Å². The number of hydrogen-bond donors (Lipinski definition) is 0. The lowest BCUT2D eigenvalue weighted by Crippen LogP contribution is -2.39. The van der Waals surface area contributed by atoms with Crippen LogP contribution in [0.2, 0.25) is 0 Å². The minimum atomic E-state index is -0.0767. The predicted molar refractivity (Wildman–Crippen MR) is 114 cm³/mol. The van der Waals surface area contributed by atoms with Crippen molar-refractivity contribution in [1.29, 1.82) is 0 Å². The summed E-state index contributed by atoms with van der Waals surface area (Å²) in [4.78, 5) is 2.19. The molecule has 0 aromatic heterocycles. The van der Waals surface area contributed by atoms with Crippen molar-refractivity contribution < 1.29 is 9.47 Å². The topological polar surface area (TPSA) is 21.7 Å². The van der Waals surface area contributed by atoms with E-state index < -0.39 is 0 Å². The molecule has 3 rings (SSSR count). The van der Waals surface area contributed by atoms with Crippen LogP contribution in [0, 0.1) is 0 Å². The molecule has 0 saturated carbocycles. The quantitative estimate of drug-likeness (QED) is 0.493. The van der Waals surface area contributed by atoms with Gasteiger partial charge in [-0.1, -0.05) is 91.0 Å². The monoisotopic (exact) mass is 375 g/mol. The van der Waals surface area contributed by atoms with Crippen molar-refractivity contribution in [2.45, 2.75) is 25.4 Å². The van der Waals surface area contributed by atoms with Gasteiger partial charge in [0.1, 0.15) is 6.10 Å². The third-order valence-corrected chi connectivity index (χ3v) is 4.81. The van der Waals surface area contributed by atoms with Crippen LogP contribution in [0.1, 0.15) is 22.8 Å². The highest BCUT2D eigenvalue weighted by Gasteiger charge is 2.26. The Bertz CT molecular complexity index is 791. The van der Waals surface area contributed by atoms with Crippen LogP contribution in [-0.4, -0.2) is 31.6 Å². The number of nitrogens with zero attached hydrogens (tertiary/aromatic N) is 1. The molecule has 0 amide bonds. The summed E-state index contributed by atoms with van der Waals surface area (Å²) < 4.78 is 12.5. The molecule has 2 unspecified atom stereocenters. The fourth-order valence-electron chi connectivity index (χ4n) is 3.21. The molecule has 0 aliphatic rings. The van der Waals surface area contributed by atoms with E-state index >= 15 is 0 Å². The van der Waals surface area contributed by atoms with Gasteiger partial charge in [-0.3, -0.25) is 0 Å². The molecule has 3 nitrogen and oxygen atoms in total. The first-order valence-electron chi connectivity index (χ1n) is 9.72. The van der Waals surface area contributed by atoms with E-state index in [1.807, 2.05) is 42.5 Å². The fourth-order valence-corrected chi connectivity index (χ4v) is 3.21. The lowest BCUT2D eigenvalue weighted by atomic mass is 10.0. The first kappa shape index (κ1) is 20.3. The van der Waals surface area contributed by atoms with E-state index in [1.54, 1.807) is 0 Å². The second-order valence-electron chi connectivity index (χ2n) is 7.16. The third kappa shape index (κ3) is 6.03. The van der Waals surface area contributed by atoms with Gasteiger partial charge in [-0.15, -0.1) is 0 Å². The average molecular weight is 376 g/mol. The van der Waals surface area contributed by atoms with E-state index in [9.17, 15) is 0 Å². The van der Waals surface area contributed by atoms with Gasteiger partial charge in [0.15, 0.2) is 0 Å². The molecule has 0 radical (unpaired) electrons. The third-order valence-electron chi connectivity index (χ3n) is 4.81. The summed E-state index contributed by atoms with van der Waals surface area (Å²) >= 11 is 0. The van der Waals surface area contributed by atoms with E-state index in [4.69, 9.17) is 9.47 Å². The molecule has 0 aliphatic carbocycles. The summed E-state index contributed by atoms with van der Waals surface area (Å²) in [6, 6.07) is 31.1. The molecule has 3 aromatic rings. The standard InChI is InChI=1S/C25H29NO2/c1-26(2)24(20-27-18-21-12-6-3-7-13-21)25(23-16-10-5-11-17-23)28-19-22-14-8-4-9-15-22/h3-17,24-25H,18-20H2,1-2H3. The molecule has 28 heavy (non-hydrogen) atoms. The Kier molecular flexibility index (Phi) is 7.80. The van der Waals surface area contributed by atoms with E-state index in [0.29, 0.717) is 19.8 Å². The Labute approximate surface area is 168 Å². The summed E-state index contributed by atoms with van der Waals surface area (Å²) in [5.74, 6) is 0. The largest absolute Gasteiger partial charge is 0.375 e. The number of likely N-dealkylation sites (N-methyl/N-ethyl adjacent to an activating group) is 1. The summed E-state index contributed by atoms with van der Waals surface area (Å²) in [7, 11) is 4.16. The number of hydrogen-bond acceptors (Lipinski definition) is 3. The lowest BCUT2D eigenvalue weighted by molar-refractivity contribution is -0.0477. The van der Waals surface area contributed by atoms with Gasteiger partial charge in [-0.25, -0.2) is 0 Å². The molecule has 0 bridgehead atoms. The molecule has 3 aromatic carbocycles. The Morgan fingerprint density at radius 3 is 1.71 bits per heavy atom. The normalized spacial score (nSPS) is 13.4. The molecule has 0 N–H and O–H groups in total. The van der Waals surface area contributed by atoms with Gasteiger partial charge in [-0.05, 0) is 30.8 Å². The van der Waals surface area contributed by atoms with Crippen molar-refractivity contribution in [3.8, 4) is 0 Å². The fraction of sp³-hybridized carbons (Fsp3) is 0.280. The molecule has 0 aliphatic heterocycles. The van der Waals surface area contributed by atoms with Crippen LogP contribution >= 0.6 is 0 Å². The van der Waals surface area contributed by atoms with Crippen LogP contribution in [0.15, 0.2) is 91.0 Å². The Hall–Kier alpha value is -2.46. The highest BCUT2D eigenvalue weighted by atomic mass is 16.5. The maximum atomic E-state index is 6.42. The molecule has 0 heterocycles. The number of rotatable bonds is 10. The molecule has 146 valence electrons. The highest BCUT2D eigenvalue weighted by Crippen LogP contribution is 2.26. The summed E-state index contributed by atoms with van der Waals surface area (Å²) in [6.45, 7) is 1.77. The van der Waals surface area contributed by atoms with E-state index in [-0.39, 0.29) is 12.1 Å². The van der Waals surface area contributed by atoms with Gasteiger partial charge in [0.05, 0.1) is 25.9 Å². The zero-order valence-electron chi connectivity index (χ0n) is 16.7. The molecule has 0 spiro atoms. The summed E-state index contributed by atoms with van der Waals surface area (Å²) in [6.07, 6.45) is -0.0767. The average Bonchev–Trinajstić information content (AvgIpc) is 2.74. The smallest absolute Gasteiger partial charge is 0.101 e. The van der Waals surface area contributed by atoms with E-state index in [1.165, 1.54) is 16.7 Å².